The average Bonchev–Trinajstić information content (AvgIpc) is 3.23. The molecule has 2 aliphatic rings. The van der Waals surface area contributed by atoms with Gasteiger partial charge in [0.15, 0.2) is 0 Å². The number of aliphatic hydroxyl groups excluding tert-OH is 1. The van der Waals surface area contributed by atoms with Crippen molar-refractivity contribution in [2.24, 2.45) is 0 Å². The molecule has 62 heavy (non-hydrogen) atoms. The molecule has 8 nitrogen and oxygen atoms in total. The number of para-hydroxylation sites is 2. The molecule has 2 N–H and O–H groups in total. The van der Waals surface area contributed by atoms with Gasteiger partial charge < -0.3 is 29.4 Å². The molecule has 2 atom stereocenters. The number of hydrogen-bond donors (Lipinski definition) is 2. The molecule has 0 radical (unpaired) electrons. The molecule has 5 aromatic carbocycles. The maximum Gasteiger partial charge on any atom is 0.415 e. The number of amides is 1. The maximum atomic E-state index is 13.1. The van der Waals surface area contributed by atoms with Gasteiger partial charge in [-0.25, -0.2) is 4.79 Å². The number of aliphatic hydroxyl groups is 1. The van der Waals surface area contributed by atoms with Crippen molar-refractivity contribution in [2.45, 2.75) is 104 Å². The lowest BCUT2D eigenvalue weighted by Gasteiger charge is -2.42. The Morgan fingerprint density at radius 1 is 0.710 bits per heavy atom. The fourth-order valence-corrected chi connectivity index (χ4v) is 8.23. The van der Waals surface area contributed by atoms with Crippen LogP contribution in [-0.2, 0) is 15.9 Å². The smallest absolute Gasteiger partial charge is 0.415 e. The highest BCUT2D eigenvalue weighted by atomic mass is 16.6. The number of carbonyl (C=O) groups excluding carboxylic acids is 1. The number of carbonyl (C=O) groups is 1. The Kier molecular flexibility index (Phi) is 14.0. The molecule has 0 bridgehead atoms. The van der Waals surface area contributed by atoms with Gasteiger partial charge in [-0.3, -0.25) is 4.90 Å². The summed E-state index contributed by atoms with van der Waals surface area (Å²) in [6.45, 7) is 18.5. The van der Waals surface area contributed by atoms with Crippen LogP contribution in [0.5, 0.6) is 11.5 Å². The molecule has 0 aliphatic carbocycles. The van der Waals surface area contributed by atoms with Crippen molar-refractivity contribution >= 4 is 28.6 Å². The summed E-state index contributed by atoms with van der Waals surface area (Å²) in [4.78, 5) is 14.8. The van der Waals surface area contributed by atoms with Gasteiger partial charge in [-0.15, -0.1) is 0 Å². The Labute approximate surface area is 369 Å². The Balaban J connectivity index is 0.000000207. The minimum Gasteiger partial charge on any atom is -0.496 e. The van der Waals surface area contributed by atoms with E-state index in [0.29, 0.717) is 5.69 Å². The molecular weight excluding hydrogens is 773 g/mol. The molecule has 0 aromatic heterocycles. The number of fused-ring (bicyclic) bond motifs is 2. The second-order valence-electron chi connectivity index (χ2n) is 18.2. The van der Waals surface area contributed by atoms with Crippen molar-refractivity contribution in [3.05, 3.63) is 144 Å². The molecule has 0 saturated heterocycles. The van der Waals surface area contributed by atoms with Gasteiger partial charge >= 0.3 is 6.09 Å². The quantitative estimate of drug-likeness (QED) is 0.128. The summed E-state index contributed by atoms with van der Waals surface area (Å²) < 4.78 is 23.1. The average molecular weight is 837 g/mol. The zero-order chi connectivity index (χ0) is 44.8. The summed E-state index contributed by atoms with van der Waals surface area (Å²) in [5.74, 6) is 1.65. The Bertz CT molecular complexity index is 2410. The molecule has 0 spiro atoms. The van der Waals surface area contributed by atoms with Crippen LogP contribution in [0.15, 0.2) is 127 Å². The third-order valence-electron chi connectivity index (χ3n) is 11.1. The fraction of sp³-hybridized carbons (Fsp3) is 0.352. The van der Waals surface area contributed by atoms with Crippen LogP contribution in [0.3, 0.4) is 0 Å². The van der Waals surface area contributed by atoms with Gasteiger partial charge in [0.2, 0.25) is 0 Å². The van der Waals surface area contributed by atoms with E-state index in [1.54, 1.807) is 26.0 Å². The van der Waals surface area contributed by atoms with Crippen molar-refractivity contribution in [3.8, 4) is 33.8 Å². The number of rotatable bonds is 11. The van der Waals surface area contributed by atoms with Gasteiger partial charge in [0, 0.05) is 34.5 Å². The van der Waals surface area contributed by atoms with Gasteiger partial charge in [0.25, 0.3) is 0 Å². The van der Waals surface area contributed by atoms with Gasteiger partial charge in [-0.2, -0.15) is 0 Å². The molecule has 0 saturated carbocycles. The minimum atomic E-state index is -0.684. The number of methoxy groups -OCH3 is 2. The Morgan fingerprint density at radius 2 is 1.27 bits per heavy atom. The van der Waals surface area contributed by atoms with E-state index in [2.05, 4.69) is 86.8 Å². The lowest BCUT2D eigenvalue weighted by Crippen LogP contribution is -2.51. The molecule has 5 aromatic rings. The summed E-state index contributed by atoms with van der Waals surface area (Å²) >= 11 is 0. The summed E-state index contributed by atoms with van der Waals surface area (Å²) in [5.41, 5.74) is 9.97. The molecule has 2 unspecified atom stereocenters. The predicted molar refractivity (Wildman–Crippen MR) is 255 cm³/mol. The largest absolute Gasteiger partial charge is 0.496 e. The molecule has 2 aliphatic heterocycles. The second kappa shape index (κ2) is 19.1. The highest BCUT2D eigenvalue weighted by Crippen LogP contribution is 2.44. The highest BCUT2D eigenvalue weighted by Gasteiger charge is 2.40. The maximum absolute atomic E-state index is 13.1. The summed E-state index contributed by atoms with van der Waals surface area (Å²) in [6, 6.07) is 39.0. The molecule has 326 valence electrons. The van der Waals surface area contributed by atoms with Crippen LogP contribution < -0.4 is 19.7 Å². The predicted octanol–water partition coefficient (Wildman–Crippen LogP) is 12.6. The van der Waals surface area contributed by atoms with Crippen LogP contribution in [0.25, 0.3) is 33.4 Å². The molecule has 8 heteroatoms. The first kappa shape index (κ1) is 45.7. The molecular formula is C54H64N2O6. The van der Waals surface area contributed by atoms with Crippen LogP contribution >= 0.6 is 0 Å². The van der Waals surface area contributed by atoms with Gasteiger partial charge in [0.05, 0.1) is 43.2 Å². The van der Waals surface area contributed by atoms with Crippen LogP contribution in [0.2, 0.25) is 0 Å². The molecule has 2 heterocycles. The number of hydrogen-bond acceptors (Lipinski definition) is 7. The van der Waals surface area contributed by atoms with E-state index in [1.165, 1.54) is 16.7 Å². The lowest BCUT2D eigenvalue weighted by atomic mass is 9.85. The number of nitrogens with zero attached hydrogens (tertiary/aromatic N) is 1. The third kappa shape index (κ3) is 10.8. The van der Waals surface area contributed by atoms with Gasteiger partial charge in [-0.05, 0) is 139 Å². The minimum absolute atomic E-state index is 0.0128. The normalized spacial score (nSPS) is 15.8. The zero-order valence-electron chi connectivity index (χ0n) is 38.3. The number of nitrogens with one attached hydrogen (secondary N) is 1. The Morgan fingerprint density at radius 3 is 1.85 bits per heavy atom. The fourth-order valence-electron chi connectivity index (χ4n) is 8.23. The van der Waals surface area contributed by atoms with Crippen molar-refractivity contribution < 1.29 is 28.8 Å². The topological polar surface area (TPSA) is 89.5 Å². The van der Waals surface area contributed by atoms with E-state index in [-0.39, 0.29) is 11.6 Å². The first-order valence-corrected chi connectivity index (χ1v) is 21.6. The SMILES string of the molecule is COc1ccccc1-c1ccc2c(c1)C(C(C)O)=CC(C)(C)N2C(=O)OC(C)(C)C.COc1ccccc1-c1ccc2c(c1)C(C(C)OCCCc1ccccc1)=CC(C)(C)N2. The monoisotopic (exact) mass is 836 g/mol. The van der Waals surface area contributed by atoms with Crippen molar-refractivity contribution in [1.29, 1.82) is 0 Å². The third-order valence-corrected chi connectivity index (χ3v) is 11.1. The highest BCUT2D eigenvalue weighted by molar-refractivity contribution is 5.99. The zero-order valence-corrected chi connectivity index (χ0v) is 38.3. The van der Waals surface area contributed by atoms with Crippen molar-refractivity contribution in [3.63, 3.8) is 0 Å². The van der Waals surface area contributed by atoms with E-state index < -0.39 is 23.3 Å². The molecule has 1 amide bonds. The van der Waals surface area contributed by atoms with Crippen molar-refractivity contribution in [1.82, 2.24) is 0 Å². The van der Waals surface area contributed by atoms with Crippen molar-refractivity contribution in [2.75, 3.05) is 31.0 Å². The number of ether oxygens (including phenoxy) is 4. The van der Waals surface area contributed by atoms with Crippen LogP contribution in [0, 0.1) is 0 Å². The van der Waals surface area contributed by atoms with Crippen LogP contribution in [0.1, 0.15) is 85.4 Å². The summed E-state index contributed by atoms with van der Waals surface area (Å²) in [6.07, 6.45) is 5.21. The number of benzene rings is 5. The Hall–Kier alpha value is -5.83. The summed E-state index contributed by atoms with van der Waals surface area (Å²) in [5, 5.41) is 14.2. The molecule has 7 rings (SSSR count). The van der Waals surface area contributed by atoms with Crippen LogP contribution in [-0.4, -0.2) is 60.9 Å². The molecule has 0 fully saturated rings. The first-order chi connectivity index (χ1) is 29.4. The first-order valence-electron chi connectivity index (χ1n) is 21.6. The van der Waals surface area contributed by atoms with E-state index in [0.717, 1.165) is 70.0 Å². The standard InChI is InChI=1S/C29H33NO2.C25H31NO4/c1-21(32-18-10-13-22-11-6-5-7-12-22)26-20-29(2,3)30-27-17-16-23(19-25(26)27)24-14-8-9-15-28(24)31-4;1-16(27)20-15-25(5,6)26(23(28)30-24(2,3)4)21-13-12-17(14-19(20)21)18-10-8-9-11-22(18)29-7/h5-9,11-12,14-17,19-21,30H,10,13,18H2,1-4H3;8-16,27H,1-7H3. The van der Waals surface area contributed by atoms with Gasteiger partial charge in [0.1, 0.15) is 17.1 Å². The lowest BCUT2D eigenvalue weighted by molar-refractivity contribution is 0.0555. The van der Waals surface area contributed by atoms with E-state index >= 15 is 0 Å². The summed E-state index contributed by atoms with van der Waals surface area (Å²) in [7, 11) is 3.36. The van der Waals surface area contributed by atoms with E-state index in [9.17, 15) is 9.90 Å². The van der Waals surface area contributed by atoms with E-state index in [4.69, 9.17) is 18.9 Å². The number of aryl methyl sites for hydroxylation is 1. The number of anilines is 2. The van der Waals surface area contributed by atoms with Crippen LogP contribution in [0.4, 0.5) is 16.2 Å². The van der Waals surface area contributed by atoms with E-state index in [1.807, 2.05) is 101 Å². The second-order valence-corrected chi connectivity index (χ2v) is 18.2. The van der Waals surface area contributed by atoms with Gasteiger partial charge in [-0.1, -0.05) is 91.0 Å².